The Morgan fingerprint density at radius 1 is 1.09 bits per heavy atom. The van der Waals surface area contributed by atoms with Crippen molar-refractivity contribution in [2.24, 2.45) is 0 Å². The largest absolute Gasteiger partial charge is 0.497 e. The molecule has 4 rings (SSSR count). The first-order valence-corrected chi connectivity index (χ1v) is 12.1. The summed E-state index contributed by atoms with van der Waals surface area (Å²) in [6.07, 6.45) is 1.14. The van der Waals surface area contributed by atoms with Crippen LogP contribution in [0.5, 0.6) is 5.75 Å². The van der Waals surface area contributed by atoms with E-state index in [0.717, 1.165) is 28.4 Å². The number of thiazole rings is 1. The first kappa shape index (κ1) is 24.8. The summed E-state index contributed by atoms with van der Waals surface area (Å²) in [6, 6.07) is 7.33. The van der Waals surface area contributed by atoms with Crippen LogP contribution in [0.2, 0.25) is 10.0 Å². The van der Waals surface area contributed by atoms with E-state index in [9.17, 15) is 30.1 Å². The lowest BCUT2D eigenvalue weighted by Crippen LogP contribution is -2.38. The lowest BCUT2D eigenvalue weighted by molar-refractivity contribution is -0.396. The summed E-state index contributed by atoms with van der Waals surface area (Å²) in [5, 5.41) is 35.9. The number of hydrogen-bond acceptors (Lipinski definition) is 8. The number of likely N-dealkylation sites (tertiary alicyclic amines) is 1. The van der Waals surface area contributed by atoms with Crippen LogP contribution in [-0.2, 0) is 11.2 Å². The van der Waals surface area contributed by atoms with Crippen molar-refractivity contribution in [1.29, 1.82) is 0 Å². The highest BCUT2D eigenvalue weighted by Gasteiger charge is 2.29. The van der Waals surface area contributed by atoms with Crippen LogP contribution in [0.4, 0.5) is 11.4 Å². The molecule has 0 unspecified atom stereocenters. The van der Waals surface area contributed by atoms with E-state index in [0.29, 0.717) is 36.0 Å². The zero-order valence-electron chi connectivity index (χ0n) is 18.0. The normalized spacial score (nSPS) is 14.2. The van der Waals surface area contributed by atoms with Gasteiger partial charge in [-0.05, 0) is 30.5 Å². The Bertz CT molecular complexity index is 1290. The highest BCUT2D eigenvalue weighted by atomic mass is 35.5. The van der Waals surface area contributed by atoms with Crippen molar-refractivity contribution < 1.29 is 19.7 Å². The first-order chi connectivity index (χ1) is 16.6. The van der Waals surface area contributed by atoms with Crippen molar-refractivity contribution in [3.05, 3.63) is 76.6 Å². The van der Waals surface area contributed by atoms with E-state index in [1.165, 1.54) is 0 Å². The second-order valence-corrected chi connectivity index (χ2v) is 9.73. The number of nitro groups is 2. The van der Waals surface area contributed by atoms with Gasteiger partial charge in [0.2, 0.25) is 5.91 Å². The number of aromatic nitrogens is 1. The van der Waals surface area contributed by atoms with Gasteiger partial charge >= 0.3 is 11.4 Å². The Morgan fingerprint density at radius 3 is 2.29 bits per heavy atom. The van der Waals surface area contributed by atoms with Crippen molar-refractivity contribution >= 4 is 51.8 Å². The van der Waals surface area contributed by atoms with E-state index in [1.54, 1.807) is 28.4 Å². The van der Waals surface area contributed by atoms with E-state index in [1.807, 2.05) is 11.4 Å². The van der Waals surface area contributed by atoms with Gasteiger partial charge in [-0.1, -0.05) is 29.3 Å². The SMILES string of the molecule is O=C(Cc1cc([N+](=O)[O-])c(O)c([N+](=O)[O-])c1)N1CCC(c2nc(-c3ccc(Cl)c(Cl)c3)cs2)CC1. The molecule has 0 aliphatic carbocycles. The third kappa shape index (κ3) is 5.37. The van der Waals surface area contributed by atoms with Crippen molar-refractivity contribution in [2.75, 3.05) is 13.1 Å². The lowest BCUT2D eigenvalue weighted by Gasteiger charge is -2.31. The molecule has 2 heterocycles. The van der Waals surface area contributed by atoms with Gasteiger partial charge in [0.1, 0.15) is 0 Å². The Balaban J connectivity index is 1.41. The molecule has 1 aliphatic heterocycles. The molecule has 1 fully saturated rings. The number of carbonyl (C=O) groups is 1. The van der Waals surface area contributed by atoms with Crippen LogP contribution in [0.3, 0.4) is 0 Å². The van der Waals surface area contributed by atoms with Crippen LogP contribution < -0.4 is 0 Å². The molecule has 0 radical (unpaired) electrons. The summed E-state index contributed by atoms with van der Waals surface area (Å²) in [5.41, 5.74) is 0.160. The Morgan fingerprint density at radius 2 is 1.71 bits per heavy atom. The fourth-order valence-corrected chi connectivity index (χ4v) is 5.27. The third-order valence-corrected chi connectivity index (χ3v) is 7.56. The summed E-state index contributed by atoms with van der Waals surface area (Å²) < 4.78 is 0. The maximum absolute atomic E-state index is 12.8. The third-order valence-electron chi connectivity index (χ3n) is 5.81. The quantitative estimate of drug-likeness (QED) is 0.319. The van der Waals surface area contributed by atoms with Gasteiger partial charge in [0, 0.05) is 42.1 Å². The number of piperidine rings is 1. The molecule has 10 nitrogen and oxygen atoms in total. The van der Waals surface area contributed by atoms with E-state index < -0.39 is 27.0 Å². The highest BCUT2D eigenvalue weighted by molar-refractivity contribution is 7.10. The molecule has 1 aliphatic rings. The summed E-state index contributed by atoms with van der Waals surface area (Å²) in [6.45, 7) is 0.931. The lowest BCUT2D eigenvalue weighted by atomic mass is 9.97. The summed E-state index contributed by atoms with van der Waals surface area (Å²) >= 11 is 13.6. The van der Waals surface area contributed by atoms with Gasteiger partial charge in [0.05, 0.1) is 37.0 Å². The average Bonchev–Trinajstić information content (AvgIpc) is 3.32. The predicted octanol–water partition coefficient (Wildman–Crippen LogP) is 5.59. The Hall–Kier alpha value is -3.28. The first-order valence-electron chi connectivity index (χ1n) is 10.5. The van der Waals surface area contributed by atoms with E-state index in [4.69, 9.17) is 28.2 Å². The molecule has 182 valence electrons. The molecule has 0 saturated carbocycles. The summed E-state index contributed by atoms with van der Waals surface area (Å²) in [4.78, 5) is 39.6. The number of rotatable bonds is 6. The Kier molecular flexibility index (Phi) is 7.20. The molecule has 13 heteroatoms. The second-order valence-electron chi connectivity index (χ2n) is 8.03. The number of hydrogen-bond donors (Lipinski definition) is 1. The summed E-state index contributed by atoms with van der Waals surface area (Å²) in [7, 11) is 0. The van der Waals surface area contributed by atoms with Gasteiger partial charge in [0.15, 0.2) is 0 Å². The number of halogens is 2. The molecule has 1 amide bonds. The zero-order chi connectivity index (χ0) is 25.3. The predicted molar refractivity (Wildman–Crippen MR) is 131 cm³/mol. The van der Waals surface area contributed by atoms with Gasteiger partial charge in [-0.3, -0.25) is 25.0 Å². The zero-order valence-corrected chi connectivity index (χ0v) is 20.3. The molecule has 1 aromatic heterocycles. The molecular formula is C22H18Cl2N4O6S. The second kappa shape index (κ2) is 10.1. The molecular weight excluding hydrogens is 519 g/mol. The van der Waals surface area contributed by atoms with Crippen LogP contribution in [-0.4, -0.2) is 43.8 Å². The van der Waals surface area contributed by atoms with Crippen LogP contribution >= 0.6 is 34.5 Å². The van der Waals surface area contributed by atoms with E-state index in [2.05, 4.69) is 0 Å². The number of carbonyl (C=O) groups excluding carboxylic acids is 1. The van der Waals surface area contributed by atoms with Crippen LogP contribution in [0.15, 0.2) is 35.7 Å². The maximum atomic E-state index is 12.8. The average molecular weight is 537 g/mol. The minimum atomic E-state index is -1.03. The maximum Gasteiger partial charge on any atom is 0.318 e. The number of amides is 1. The van der Waals surface area contributed by atoms with Gasteiger partial charge in [-0.2, -0.15) is 0 Å². The van der Waals surface area contributed by atoms with Gasteiger partial charge < -0.3 is 10.0 Å². The van der Waals surface area contributed by atoms with E-state index >= 15 is 0 Å². The minimum Gasteiger partial charge on any atom is -0.497 e. The molecule has 0 atom stereocenters. The Labute approximate surface area is 213 Å². The van der Waals surface area contributed by atoms with Gasteiger partial charge in [-0.15, -0.1) is 11.3 Å². The van der Waals surface area contributed by atoms with Gasteiger partial charge in [-0.25, -0.2) is 4.98 Å². The monoisotopic (exact) mass is 536 g/mol. The molecule has 1 N–H and O–H groups in total. The molecule has 1 saturated heterocycles. The number of phenolic OH excluding ortho intramolecular Hbond substituents is 1. The van der Waals surface area contributed by atoms with Crippen molar-refractivity contribution in [1.82, 2.24) is 9.88 Å². The number of phenols is 1. The van der Waals surface area contributed by atoms with Crippen LogP contribution in [0.1, 0.15) is 29.3 Å². The van der Waals surface area contributed by atoms with Crippen molar-refractivity contribution in [3.63, 3.8) is 0 Å². The number of nitro benzene ring substituents is 2. The van der Waals surface area contributed by atoms with Crippen molar-refractivity contribution in [2.45, 2.75) is 25.2 Å². The van der Waals surface area contributed by atoms with Crippen LogP contribution in [0.25, 0.3) is 11.3 Å². The van der Waals surface area contributed by atoms with Crippen LogP contribution in [0, 0.1) is 20.2 Å². The fourth-order valence-electron chi connectivity index (χ4n) is 3.97. The molecule has 2 aromatic carbocycles. The van der Waals surface area contributed by atoms with Crippen molar-refractivity contribution in [3.8, 4) is 17.0 Å². The molecule has 0 spiro atoms. The highest BCUT2D eigenvalue weighted by Crippen LogP contribution is 2.38. The smallest absolute Gasteiger partial charge is 0.318 e. The summed E-state index contributed by atoms with van der Waals surface area (Å²) in [5.74, 6) is -1.15. The molecule has 3 aromatic rings. The number of benzene rings is 2. The fraction of sp³-hybridized carbons (Fsp3) is 0.273. The van der Waals surface area contributed by atoms with E-state index in [-0.39, 0.29) is 23.8 Å². The standard InChI is InChI=1S/C22H18Cl2N4O6S/c23-15-2-1-14(10-16(15)24)17-11-35-22(25-17)13-3-5-26(6-4-13)20(29)9-12-7-18(27(31)32)21(30)19(8-12)28(33)34/h1-2,7-8,10-11,13,30H,3-6,9H2. The topological polar surface area (TPSA) is 140 Å². The molecule has 0 bridgehead atoms. The molecule has 35 heavy (non-hydrogen) atoms. The number of aromatic hydroxyl groups is 1. The minimum absolute atomic E-state index is 0.0968. The van der Waals surface area contributed by atoms with Gasteiger partial charge in [0.25, 0.3) is 5.75 Å². The number of nitrogens with zero attached hydrogens (tertiary/aromatic N) is 4.